The summed E-state index contributed by atoms with van der Waals surface area (Å²) >= 11 is 7.27. The van der Waals surface area contributed by atoms with Gasteiger partial charge in [-0.05, 0) is 30.9 Å². The van der Waals surface area contributed by atoms with E-state index in [0.717, 1.165) is 5.56 Å². The monoisotopic (exact) mass is 303 g/mol. The summed E-state index contributed by atoms with van der Waals surface area (Å²) in [5, 5.41) is 12.4. The Morgan fingerprint density at radius 1 is 1.47 bits per heavy atom. The topological polar surface area (TPSA) is 58.6 Å². The third kappa shape index (κ3) is 5.72. The standard InChI is InChI=1S/C13H18ClNO3S/c1-9(12(7-16)19-2)15-13(17)18-8-10-3-5-11(14)6-4-10/h3-6,9,12,16H,7-8H2,1-2H3,(H,15,17)/t9-,12+/m1/s1. The number of amides is 1. The van der Waals surface area contributed by atoms with Crippen LogP contribution in [0.15, 0.2) is 24.3 Å². The van der Waals surface area contributed by atoms with E-state index in [2.05, 4.69) is 5.32 Å². The Kier molecular flexibility index (Phi) is 7.05. The fourth-order valence-electron chi connectivity index (χ4n) is 1.49. The molecule has 0 heterocycles. The van der Waals surface area contributed by atoms with Crippen LogP contribution >= 0.6 is 23.4 Å². The van der Waals surface area contributed by atoms with Crippen molar-refractivity contribution in [3.63, 3.8) is 0 Å². The highest BCUT2D eigenvalue weighted by molar-refractivity contribution is 7.99. The molecule has 0 aromatic heterocycles. The fourth-order valence-corrected chi connectivity index (χ4v) is 2.24. The Hall–Kier alpha value is -0.910. The lowest BCUT2D eigenvalue weighted by atomic mass is 10.2. The van der Waals surface area contributed by atoms with Crippen LogP contribution in [0.1, 0.15) is 12.5 Å². The van der Waals surface area contributed by atoms with Crippen LogP contribution in [0.4, 0.5) is 4.79 Å². The third-order valence-corrected chi connectivity index (χ3v) is 4.08. The molecule has 4 nitrogen and oxygen atoms in total. The number of hydrogen-bond donors (Lipinski definition) is 2. The summed E-state index contributed by atoms with van der Waals surface area (Å²) in [5.41, 5.74) is 0.871. The van der Waals surface area contributed by atoms with Crippen molar-refractivity contribution in [2.45, 2.75) is 24.8 Å². The van der Waals surface area contributed by atoms with Gasteiger partial charge in [0.05, 0.1) is 6.61 Å². The summed E-state index contributed by atoms with van der Waals surface area (Å²) in [5.74, 6) is 0. The van der Waals surface area contributed by atoms with E-state index in [1.165, 1.54) is 11.8 Å². The van der Waals surface area contributed by atoms with Gasteiger partial charge in [-0.25, -0.2) is 4.79 Å². The van der Waals surface area contributed by atoms with Crippen LogP contribution < -0.4 is 5.32 Å². The Labute approximate surface area is 122 Å². The van der Waals surface area contributed by atoms with Gasteiger partial charge in [-0.2, -0.15) is 11.8 Å². The van der Waals surface area contributed by atoms with Gasteiger partial charge in [0.2, 0.25) is 0 Å². The van der Waals surface area contributed by atoms with Crippen molar-refractivity contribution in [2.24, 2.45) is 0 Å². The van der Waals surface area contributed by atoms with Gasteiger partial charge in [0.1, 0.15) is 6.61 Å². The van der Waals surface area contributed by atoms with Crippen LogP contribution in [0.2, 0.25) is 5.02 Å². The van der Waals surface area contributed by atoms with E-state index in [9.17, 15) is 4.79 Å². The van der Waals surface area contributed by atoms with Crippen LogP contribution in [-0.2, 0) is 11.3 Å². The van der Waals surface area contributed by atoms with Crippen molar-refractivity contribution in [1.29, 1.82) is 0 Å². The molecule has 0 saturated heterocycles. The number of ether oxygens (including phenoxy) is 1. The molecule has 1 aromatic rings. The molecule has 0 aliphatic carbocycles. The molecule has 0 bridgehead atoms. The third-order valence-electron chi connectivity index (χ3n) is 2.67. The molecule has 1 rings (SSSR count). The molecule has 6 heteroatoms. The predicted molar refractivity (Wildman–Crippen MR) is 78.6 cm³/mol. The Bertz CT molecular complexity index is 395. The van der Waals surface area contributed by atoms with Crippen molar-refractivity contribution >= 4 is 29.5 Å². The molecule has 19 heavy (non-hydrogen) atoms. The highest BCUT2D eigenvalue weighted by atomic mass is 35.5. The van der Waals surface area contributed by atoms with Crippen LogP contribution in [0.5, 0.6) is 0 Å². The Balaban J connectivity index is 2.37. The van der Waals surface area contributed by atoms with Gasteiger partial charge in [-0.3, -0.25) is 0 Å². The van der Waals surface area contributed by atoms with Gasteiger partial charge < -0.3 is 15.2 Å². The first-order chi connectivity index (χ1) is 9.06. The molecule has 0 fully saturated rings. The maximum atomic E-state index is 11.6. The minimum absolute atomic E-state index is 0.0137. The van der Waals surface area contributed by atoms with Crippen molar-refractivity contribution < 1.29 is 14.6 Å². The maximum Gasteiger partial charge on any atom is 0.407 e. The second kappa shape index (κ2) is 8.30. The van der Waals surface area contributed by atoms with E-state index in [4.69, 9.17) is 21.4 Å². The minimum Gasteiger partial charge on any atom is -0.445 e. The van der Waals surface area contributed by atoms with Crippen molar-refractivity contribution in [1.82, 2.24) is 5.32 Å². The Morgan fingerprint density at radius 2 is 2.11 bits per heavy atom. The first kappa shape index (κ1) is 16.1. The molecule has 2 atom stereocenters. The molecule has 2 N–H and O–H groups in total. The number of aliphatic hydroxyl groups excluding tert-OH is 1. The summed E-state index contributed by atoms with van der Waals surface area (Å²) in [6.45, 7) is 2.04. The zero-order valence-electron chi connectivity index (χ0n) is 10.9. The van der Waals surface area contributed by atoms with Gasteiger partial charge in [0, 0.05) is 16.3 Å². The van der Waals surface area contributed by atoms with Gasteiger partial charge >= 0.3 is 6.09 Å². The number of nitrogens with one attached hydrogen (secondary N) is 1. The molecular formula is C13H18ClNO3S. The number of carbonyl (C=O) groups excluding carboxylic acids is 1. The minimum atomic E-state index is -0.491. The normalized spacial score (nSPS) is 13.7. The van der Waals surface area contributed by atoms with E-state index in [1.54, 1.807) is 24.3 Å². The maximum absolute atomic E-state index is 11.6. The van der Waals surface area contributed by atoms with Crippen LogP contribution in [0.3, 0.4) is 0 Å². The van der Waals surface area contributed by atoms with Gasteiger partial charge in [0.15, 0.2) is 0 Å². The molecule has 0 saturated carbocycles. The van der Waals surface area contributed by atoms with Gasteiger partial charge in [0.25, 0.3) is 0 Å². The lowest BCUT2D eigenvalue weighted by Gasteiger charge is -2.20. The smallest absolute Gasteiger partial charge is 0.407 e. The molecule has 0 spiro atoms. The van der Waals surface area contributed by atoms with E-state index in [-0.39, 0.29) is 24.5 Å². The van der Waals surface area contributed by atoms with Crippen LogP contribution in [0.25, 0.3) is 0 Å². The van der Waals surface area contributed by atoms with Gasteiger partial charge in [-0.1, -0.05) is 23.7 Å². The average Bonchev–Trinajstić information content (AvgIpc) is 2.39. The molecule has 1 amide bonds. The number of alkyl carbamates (subject to hydrolysis) is 1. The number of aliphatic hydroxyl groups is 1. The molecule has 0 radical (unpaired) electrons. The summed E-state index contributed by atoms with van der Waals surface area (Å²) in [6, 6.07) is 6.94. The second-order valence-electron chi connectivity index (χ2n) is 4.09. The van der Waals surface area contributed by atoms with Crippen molar-refractivity contribution in [3.05, 3.63) is 34.9 Å². The van der Waals surface area contributed by atoms with Gasteiger partial charge in [-0.15, -0.1) is 0 Å². The number of rotatable bonds is 6. The second-order valence-corrected chi connectivity index (χ2v) is 5.61. The van der Waals surface area contributed by atoms with Crippen molar-refractivity contribution in [2.75, 3.05) is 12.9 Å². The number of carbonyl (C=O) groups is 1. The number of halogens is 1. The molecule has 106 valence electrons. The first-order valence-electron chi connectivity index (χ1n) is 5.88. The van der Waals surface area contributed by atoms with E-state index in [1.807, 2.05) is 13.2 Å². The van der Waals surface area contributed by atoms with Crippen LogP contribution in [0, 0.1) is 0 Å². The summed E-state index contributed by atoms with van der Waals surface area (Å²) in [6.07, 6.45) is 1.40. The molecular weight excluding hydrogens is 286 g/mol. The van der Waals surface area contributed by atoms with E-state index in [0.29, 0.717) is 5.02 Å². The summed E-state index contributed by atoms with van der Waals surface area (Å²) < 4.78 is 5.09. The predicted octanol–water partition coefficient (Wildman–Crippen LogP) is 2.68. The highest BCUT2D eigenvalue weighted by Gasteiger charge is 2.17. The number of thioether (sulfide) groups is 1. The first-order valence-corrected chi connectivity index (χ1v) is 7.54. The lowest BCUT2D eigenvalue weighted by Crippen LogP contribution is -2.41. The molecule has 0 unspecified atom stereocenters. The molecule has 0 aliphatic rings. The summed E-state index contributed by atoms with van der Waals surface area (Å²) in [4.78, 5) is 11.6. The quantitative estimate of drug-likeness (QED) is 0.848. The van der Waals surface area contributed by atoms with E-state index >= 15 is 0 Å². The van der Waals surface area contributed by atoms with Crippen LogP contribution in [-0.4, -0.2) is 35.4 Å². The fraction of sp³-hybridized carbons (Fsp3) is 0.462. The number of benzene rings is 1. The largest absolute Gasteiger partial charge is 0.445 e. The zero-order valence-corrected chi connectivity index (χ0v) is 12.5. The number of hydrogen-bond acceptors (Lipinski definition) is 4. The summed E-state index contributed by atoms with van der Waals surface area (Å²) in [7, 11) is 0. The highest BCUT2D eigenvalue weighted by Crippen LogP contribution is 2.12. The molecule has 0 aliphatic heterocycles. The SMILES string of the molecule is CS[C@@H](CO)[C@@H](C)NC(=O)OCc1ccc(Cl)cc1. The molecule has 1 aromatic carbocycles. The van der Waals surface area contributed by atoms with Crippen molar-refractivity contribution in [3.8, 4) is 0 Å². The van der Waals surface area contributed by atoms with E-state index < -0.39 is 6.09 Å². The lowest BCUT2D eigenvalue weighted by molar-refractivity contribution is 0.135. The zero-order chi connectivity index (χ0) is 14.3. The average molecular weight is 304 g/mol. The Morgan fingerprint density at radius 3 is 2.63 bits per heavy atom.